The minimum Gasteiger partial charge on any atom is -0.455 e. The van der Waals surface area contributed by atoms with Crippen LogP contribution in [0.2, 0.25) is 0 Å². The van der Waals surface area contributed by atoms with Crippen molar-refractivity contribution in [2.24, 2.45) is 0 Å². The lowest BCUT2D eigenvalue weighted by Gasteiger charge is -2.23. The van der Waals surface area contributed by atoms with Gasteiger partial charge in [-0.05, 0) is 73.5 Å². The van der Waals surface area contributed by atoms with E-state index in [1.54, 1.807) is 44.2 Å². The average Bonchev–Trinajstić information content (AvgIpc) is 3.66. The van der Waals surface area contributed by atoms with Crippen LogP contribution in [0.4, 0.5) is 14.5 Å². The molecule has 2 heterocycles. The van der Waals surface area contributed by atoms with E-state index in [0.717, 1.165) is 10.6 Å². The number of anilines is 1. The maximum atomic E-state index is 14.6. The van der Waals surface area contributed by atoms with Gasteiger partial charge < -0.3 is 14.2 Å². The minimum absolute atomic E-state index is 0.0227. The Balaban J connectivity index is 1.68. The predicted octanol–water partition coefficient (Wildman–Crippen LogP) is 7.41. The first-order chi connectivity index (χ1) is 22.2. The van der Waals surface area contributed by atoms with Gasteiger partial charge in [0.2, 0.25) is 15.9 Å². The molecule has 0 atom stereocenters. The molecule has 0 bridgehead atoms. The number of nitrogens with one attached hydrogen (secondary N) is 1. The van der Waals surface area contributed by atoms with Crippen molar-refractivity contribution < 1.29 is 30.8 Å². The minimum atomic E-state index is -3.80. The van der Waals surface area contributed by atoms with E-state index in [0.29, 0.717) is 33.2 Å². The van der Waals surface area contributed by atoms with E-state index in [4.69, 9.17) is 8.83 Å². The molecule has 0 aliphatic carbocycles. The average molecular weight is 655 g/mol. The molecule has 47 heavy (non-hydrogen) atoms. The molecule has 1 amide bonds. The highest BCUT2D eigenvalue weighted by molar-refractivity contribution is 7.92. The predicted molar refractivity (Wildman–Crippen MR) is 175 cm³/mol. The molecule has 0 saturated carbocycles. The second-order valence-corrected chi connectivity index (χ2v) is 13.6. The van der Waals surface area contributed by atoms with Gasteiger partial charge in [0, 0.05) is 42.2 Å². The zero-order chi connectivity index (χ0) is 33.8. The number of rotatable bonds is 7. The number of sulfonamides is 1. The third-order valence-corrected chi connectivity index (χ3v) is 9.28. The standard InChI is InChI=1S/C35H28F2N4O5S/c1-35(2,18-38)25-14-11-20(15-23(25)34-40-31-26(37)7-6-8-28(31)46-34)22-16-24-29(17-27(22)41(4)47(5,43)44)45-32(30(24)33(42)39-3)19-9-12-21(36)13-10-19/h6-17H,1-5H3,(H,39,42). The van der Waals surface area contributed by atoms with Gasteiger partial charge in [0.05, 0.1) is 29.0 Å². The third kappa shape index (κ3) is 5.48. The molecule has 0 radical (unpaired) electrons. The summed E-state index contributed by atoms with van der Waals surface area (Å²) < 4.78 is 67.4. The van der Waals surface area contributed by atoms with Crippen LogP contribution >= 0.6 is 0 Å². The Hall–Kier alpha value is -5.54. The second kappa shape index (κ2) is 11.4. The Bertz CT molecular complexity index is 2370. The Kier molecular flexibility index (Phi) is 7.60. The molecule has 2 aromatic heterocycles. The largest absolute Gasteiger partial charge is 0.455 e. The number of nitrogens with zero attached hydrogens (tertiary/aromatic N) is 3. The van der Waals surface area contributed by atoms with Crippen LogP contribution in [0.15, 0.2) is 81.6 Å². The first kappa shape index (κ1) is 31.4. The van der Waals surface area contributed by atoms with Crippen LogP contribution in [-0.2, 0) is 15.4 Å². The van der Waals surface area contributed by atoms with E-state index in [2.05, 4.69) is 16.4 Å². The highest BCUT2D eigenvalue weighted by atomic mass is 32.2. The van der Waals surface area contributed by atoms with Gasteiger partial charge in [0.15, 0.2) is 11.4 Å². The van der Waals surface area contributed by atoms with Crippen molar-refractivity contribution in [2.45, 2.75) is 19.3 Å². The van der Waals surface area contributed by atoms with E-state index in [1.165, 1.54) is 56.6 Å². The van der Waals surface area contributed by atoms with Crippen LogP contribution in [0, 0.1) is 23.0 Å². The van der Waals surface area contributed by atoms with Crippen molar-refractivity contribution in [3.05, 3.63) is 95.6 Å². The molecule has 4 aromatic carbocycles. The lowest BCUT2D eigenvalue weighted by atomic mass is 9.81. The Morgan fingerprint density at radius 3 is 2.30 bits per heavy atom. The number of benzene rings is 4. The van der Waals surface area contributed by atoms with Crippen molar-refractivity contribution in [1.29, 1.82) is 5.26 Å². The molecule has 238 valence electrons. The number of hydrogen-bond donors (Lipinski definition) is 1. The fourth-order valence-electron chi connectivity index (χ4n) is 5.48. The normalized spacial score (nSPS) is 12.0. The van der Waals surface area contributed by atoms with Crippen molar-refractivity contribution in [1.82, 2.24) is 10.3 Å². The maximum Gasteiger partial charge on any atom is 0.255 e. The van der Waals surface area contributed by atoms with Crippen LogP contribution in [0.1, 0.15) is 29.8 Å². The number of halogens is 2. The molecular weight excluding hydrogens is 626 g/mol. The molecule has 0 aliphatic heterocycles. The molecule has 6 aromatic rings. The quantitative estimate of drug-likeness (QED) is 0.190. The number of hydrogen-bond acceptors (Lipinski definition) is 7. The van der Waals surface area contributed by atoms with Gasteiger partial charge in [-0.15, -0.1) is 0 Å². The summed E-state index contributed by atoms with van der Waals surface area (Å²) in [5.41, 5.74) is 2.08. The Morgan fingerprint density at radius 2 is 1.66 bits per heavy atom. The van der Waals surface area contributed by atoms with Crippen LogP contribution in [0.3, 0.4) is 0 Å². The highest BCUT2D eigenvalue weighted by Crippen LogP contribution is 2.44. The molecule has 0 saturated heterocycles. The number of fused-ring (bicyclic) bond motifs is 2. The van der Waals surface area contributed by atoms with Gasteiger partial charge in [0.1, 0.15) is 22.7 Å². The smallest absolute Gasteiger partial charge is 0.255 e. The molecule has 0 unspecified atom stereocenters. The lowest BCUT2D eigenvalue weighted by Crippen LogP contribution is -2.25. The number of furan rings is 1. The molecule has 0 aliphatic rings. The van der Waals surface area contributed by atoms with Gasteiger partial charge in [-0.25, -0.2) is 22.2 Å². The molecule has 9 nitrogen and oxygen atoms in total. The Labute approximate surface area is 269 Å². The summed E-state index contributed by atoms with van der Waals surface area (Å²) in [6, 6.07) is 20.4. The number of oxazole rings is 1. The Morgan fingerprint density at radius 1 is 0.957 bits per heavy atom. The van der Waals surface area contributed by atoms with Crippen molar-refractivity contribution in [3.8, 4) is 40.0 Å². The number of amides is 1. The second-order valence-electron chi connectivity index (χ2n) is 11.6. The topological polar surface area (TPSA) is 129 Å². The third-order valence-electron chi connectivity index (χ3n) is 8.09. The summed E-state index contributed by atoms with van der Waals surface area (Å²) in [5.74, 6) is -1.28. The fraction of sp³-hybridized carbons (Fsp3) is 0.171. The van der Waals surface area contributed by atoms with E-state index in [-0.39, 0.29) is 39.6 Å². The van der Waals surface area contributed by atoms with Crippen molar-refractivity contribution >= 4 is 43.7 Å². The van der Waals surface area contributed by atoms with E-state index < -0.39 is 33.0 Å². The summed E-state index contributed by atoms with van der Waals surface area (Å²) >= 11 is 0. The molecular formula is C35H28F2N4O5S. The first-order valence-electron chi connectivity index (χ1n) is 14.4. The van der Waals surface area contributed by atoms with Crippen LogP contribution in [-0.4, -0.2) is 39.7 Å². The van der Waals surface area contributed by atoms with Crippen LogP contribution in [0.5, 0.6) is 0 Å². The number of aromatic nitrogens is 1. The monoisotopic (exact) mass is 654 g/mol. The van der Waals surface area contributed by atoms with Gasteiger partial charge in [0.25, 0.3) is 5.91 Å². The summed E-state index contributed by atoms with van der Waals surface area (Å²) in [6.07, 6.45) is 1.06. The van der Waals surface area contributed by atoms with Crippen molar-refractivity contribution in [3.63, 3.8) is 0 Å². The number of carbonyl (C=O) groups excluding carboxylic acids is 1. The maximum absolute atomic E-state index is 14.6. The summed E-state index contributed by atoms with van der Waals surface area (Å²) in [5, 5.41) is 13.0. The van der Waals surface area contributed by atoms with E-state index >= 15 is 0 Å². The zero-order valence-electron chi connectivity index (χ0n) is 26.0. The van der Waals surface area contributed by atoms with Crippen LogP contribution < -0.4 is 9.62 Å². The lowest BCUT2D eigenvalue weighted by molar-refractivity contribution is 0.0964. The summed E-state index contributed by atoms with van der Waals surface area (Å²) in [6.45, 7) is 3.45. The van der Waals surface area contributed by atoms with Crippen molar-refractivity contribution in [2.75, 3.05) is 24.7 Å². The fourth-order valence-corrected chi connectivity index (χ4v) is 5.99. The molecule has 1 N–H and O–H groups in total. The summed E-state index contributed by atoms with van der Waals surface area (Å²) in [7, 11) is -0.945. The molecule has 0 spiro atoms. The summed E-state index contributed by atoms with van der Waals surface area (Å²) in [4.78, 5) is 17.7. The number of carbonyl (C=O) groups is 1. The van der Waals surface area contributed by atoms with E-state index in [9.17, 15) is 27.3 Å². The van der Waals surface area contributed by atoms with Crippen LogP contribution in [0.25, 0.3) is 56.0 Å². The first-order valence-corrected chi connectivity index (χ1v) is 16.2. The van der Waals surface area contributed by atoms with Gasteiger partial charge in [-0.2, -0.15) is 5.26 Å². The number of nitriles is 1. The highest BCUT2D eigenvalue weighted by Gasteiger charge is 2.29. The van der Waals surface area contributed by atoms with Gasteiger partial charge in [-0.3, -0.25) is 9.10 Å². The van der Waals surface area contributed by atoms with Gasteiger partial charge in [-0.1, -0.05) is 18.2 Å². The molecule has 0 fully saturated rings. The zero-order valence-corrected chi connectivity index (χ0v) is 26.8. The number of para-hydroxylation sites is 1. The van der Waals surface area contributed by atoms with E-state index in [1.807, 2.05) is 0 Å². The SMILES string of the molecule is CNC(=O)c1c(-c2ccc(F)cc2)oc2cc(N(C)S(C)(=O)=O)c(-c3ccc(C(C)(C)C#N)c(-c4nc5c(F)cccc5o4)c3)cc12. The van der Waals surface area contributed by atoms with Gasteiger partial charge >= 0.3 is 0 Å². The molecule has 12 heteroatoms. The molecule has 6 rings (SSSR count).